The van der Waals surface area contributed by atoms with Gasteiger partial charge in [-0.2, -0.15) is 0 Å². The van der Waals surface area contributed by atoms with Crippen molar-refractivity contribution < 1.29 is 14.9 Å². The second-order valence-corrected chi connectivity index (χ2v) is 5.24. The molecule has 4 heteroatoms. The molecule has 0 aliphatic carbocycles. The smallest absolute Gasteiger partial charge is 0.124 e. The summed E-state index contributed by atoms with van der Waals surface area (Å²) in [6.45, 7) is 3.09. The second-order valence-electron chi connectivity index (χ2n) is 5.24. The van der Waals surface area contributed by atoms with Crippen molar-refractivity contribution in [1.82, 2.24) is 5.32 Å². The van der Waals surface area contributed by atoms with Gasteiger partial charge in [0.15, 0.2) is 0 Å². The number of fused-ring (bicyclic) bond motifs is 1. The molecule has 0 saturated carbocycles. The van der Waals surface area contributed by atoms with Crippen molar-refractivity contribution in [3.05, 3.63) is 29.8 Å². The van der Waals surface area contributed by atoms with Crippen molar-refractivity contribution in [2.75, 3.05) is 26.4 Å². The quantitative estimate of drug-likeness (QED) is 0.733. The Kier molecular flexibility index (Phi) is 4.22. The van der Waals surface area contributed by atoms with Crippen LogP contribution in [0.2, 0.25) is 0 Å². The van der Waals surface area contributed by atoms with E-state index in [2.05, 4.69) is 11.4 Å². The Morgan fingerprint density at radius 2 is 2.06 bits per heavy atom. The van der Waals surface area contributed by atoms with Crippen LogP contribution in [0.1, 0.15) is 24.9 Å². The van der Waals surface area contributed by atoms with Gasteiger partial charge in [-0.1, -0.05) is 25.1 Å². The second kappa shape index (κ2) is 5.69. The fraction of sp³-hybridized carbons (Fsp3) is 0.571. The minimum Gasteiger partial charge on any atom is -0.493 e. The molecular formula is C14H21NO3. The summed E-state index contributed by atoms with van der Waals surface area (Å²) in [4.78, 5) is 0. The van der Waals surface area contributed by atoms with Crippen LogP contribution in [0, 0.1) is 5.41 Å². The number of rotatable bonds is 5. The monoisotopic (exact) mass is 251 g/mol. The molecule has 0 aromatic heterocycles. The number of hydrogen-bond donors (Lipinski definition) is 3. The molecule has 1 aliphatic rings. The molecule has 1 unspecified atom stereocenters. The van der Waals surface area contributed by atoms with E-state index in [9.17, 15) is 10.2 Å². The van der Waals surface area contributed by atoms with Crippen LogP contribution in [0.4, 0.5) is 0 Å². The molecule has 1 heterocycles. The van der Waals surface area contributed by atoms with Gasteiger partial charge in [0.2, 0.25) is 0 Å². The molecule has 0 bridgehead atoms. The predicted molar refractivity (Wildman–Crippen MR) is 69.6 cm³/mol. The van der Waals surface area contributed by atoms with Gasteiger partial charge in [-0.05, 0) is 6.07 Å². The third kappa shape index (κ3) is 2.83. The van der Waals surface area contributed by atoms with Gasteiger partial charge in [0.1, 0.15) is 5.75 Å². The summed E-state index contributed by atoms with van der Waals surface area (Å²) in [7, 11) is 0. The summed E-state index contributed by atoms with van der Waals surface area (Å²) in [5, 5.41) is 22.0. The van der Waals surface area contributed by atoms with E-state index in [-0.39, 0.29) is 19.3 Å². The Bertz CT molecular complexity index is 390. The SMILES string of the molecule is CC(CO)(CO)CNC1CCOc2ccccc21. The molecule has 0 saturated heterocycles. The van der Waals surface area contributed by atoms with Crippen molar-refractivity contribution in [2.24, 2.45) is 5.41 Å². The number of nitrogens with one attached hydrogen (secondary N) is 1. The van der Waals surface area contributed by atoms with Crippen molar-refractivity contribution in [2.45, 2.75) is 19.4 Å². The summed E-state index contributed by atoms with van der Waals surface area (Å²) in [5.41, 5.74) is 0.676. The van der Waals surface area contributed by atoms with E-state index in [1.165, 1.54) is 0 Å². The number of benzene rings is 1. The Morgan fingerprint density at radius 3 is 2.78 bits per heavy atom. The lowest BCUT2D eigenvalue weighted by Crippen LogP contribution is -2.40. The zero-order valence-corrected chi connectivity index (χ0v) is 10.7. The molecule has 0 radical (unpaired) electrons. The van der Waals surface area contributed by atoms with Gasteiger partial charge in [0.05, 0.1) is 19.8 Å². The van der Waals surface area contributed by atoms with Crippen LogP contribution in [-0.4, -0.2) is 36.6 Å². The first-order chi connectivity index (χ1) is 8.68. The molecule has 1 aromatic carbocycles. The fourth-order valence-corrected chi connectivity index (χ4v) is 2.09. The molecule has 2 rings (SSSR count). The summed E-state index contributed by atoms with van der Waals surface area (Å²) in [6, 6.07) is 8.22. The zero-order chi connectivity index (χ0) is 13.0. The Hall–Kier alpha value is -1.10. The standard InChI is InChI=1S/C14H21NO3/c1-14(9-16,10-17)8-15-12-6-7-18-13-5-3-2-4-11(12)13/h2-5,12,15-17H,6-10H2,1H3. The molecule has 4 nitrogen and oxygen atoms in total. The molecule has 0 spiro atoms. The first-order valence-electron chi connectivity index (χ1n) is 6.35. The van der Waals surface area contributed by atoms with Crippen LogP contribution in [0.15, 0.2) is 24.3 Å². The molecule has 100 valence electrons. The topological polar surface area (TPSA) is 61.7 Å². The van der Waals surface area contributed by atoms with Crippen molar-refractivity contribution >= 4 is 0 Å². The zero-order valence-electron chi connectivity index (χ0n) is 10.7. The van der Waals surface area contributed by atoms with Crippen LogP contribution in [-0.2, 0) is 0 Å². The van der Waals surface area contributed by atoms with E-state index in [4.69, 9.17) is 4.74 Å². The van der Waals surface area contributed by atoms with Gasteiger partial charge < -0.3 is 20.3 Å². The maximum Gasteiger partial charge on any atom is 0.124 e. The lowest BCUT2D eigenvalue weighted by atomic mass is 9.91. The van der Waals surface area contributed by atoms with Crippen LogP contribution >= 0.6 is 0 Å². The number of hydrogen-bond acceptors (Lipinski definition) is 4. The molecule has 1 atom stereocenters. The van der Waals surface area contributed by atoms with Crippen molar-refractivity contribution in [3.63, 3.8) is 0 Å². The number of aliphatic hydroxyl groups excluding tert-OH is 2. The first kappa shape index (κ1) is 13.3. The molecular weight excluding hydrogens is 230 g/mol. The first-order valence-corrected chi connectivity index (χ1v) is 6.35. The average Bonchev–Trinajstić information content (AvgIpc) is 2.44. The summed E-state index contributed by atoms with van der Waals surface area (Å²) in [6.07, 6.45) is 0.907. The fourth-order valence-electron chi connectivity index (χ4n) is 2.09. The van der Waals surface area contributed by atoms with E-state index in [0.717, 1.165) is 17.7 Å². The summed E-state index contributed by atoms with van der Waals surface area (Å²) in [5.74, 6) is 0.927. The van der Waals surface area contributed by atoms with Crippen LogP contribution in [0.5, 0.6) is 5.75 Å². The largest absolute Gasteiger partial charge is 0.493 e. The van der Waals surface area contributed by atoms with E-state index in [0.29, 0.717) is 13.2 Å². The highest BCUT2D eigenvalue weighted by atomic mass is 16.5. The lowest BCUT2D eigenvalue weighted by Gasteiger charge is -2.31. The van der Waals surface area contributed by atoms with Gasteiger partial charge in [0.25, 0.3) is 0 Å². The van der Waals surface area contributed by atoms with Gasteiger partial charge in [0, 0.05) is 30.0 Å². The molecule has 18 heavy (non-hydrogen) atoms. The van der Waals surface area contributed by atoms with Crippen LogP contribution in [0.25, 0.3) is 0 Å². The normalized spacial score (nSPS) is 19.2. The number of para-hydroxylation sites is 1. The maximum absolute atomic E-state index is 9.29. The van der Waals surface area contributed by atoms with E-state index >= 15 is 0 Å². The van der Waals surface area contributed by atoms with Gasteiger partial charge in [-0.25, -0.2) is 0 Å². The summed E-state index contributed by atoms with van der Waals surface area (Å²) >= 11 is 0. The average molecular weight is 251 g/mol. The molecule has 0 fully saturated rings. The molecule has 0 amide bonds. The van der Waals surface area contributed by atoms with Gasteiger partial charge in [-0.3, -0.25) is 0 Å². The molecule has 1 aromatic rings. The van der Waals surface area contributed by atoms with E-state index < -0.39 is 5.41 Å². The summed E-state index contributed by atoms with van der Waals surface area (Å²) < 4.78 is 5.60. The molecule has 3 N–H and O–H groups in total. The Balaban J connectivity index is 2.03. The predicted octanol–water partition coefficient (Wildman–Crippen LogP) is 1.09. The van der Waals surface area contributed by atoms with Crippen molar-refractivity contribution in [1.29, 1.82) is 0 Å². The Labute approximate surface area is 108 Å². The van der Waals surface area contributed by atoms with Crippen molar-refractivity contribution in [3.8, 4) is 5.75 Å². The molecule has 1 aliphatic heterocycles. The lowest BCUT2D eigenvalue weighted by molar-refractivity contribution is 0.0656. The van der Waals surface area contributed by atoms with Crippen LogP contribution < -0.4 is 10.1 Å². The minimum absolute atomic E-state index is 0.0264. The third-order valence-electron chi connectivity index (χ3n) is 3.50. The third-order valence-corrected chi connectivity index (χ3v) is 3.50. The minimum atomic E-state index is -0.479. The number of aliphatic hydroxyl groups is 2. The highest BCUT2D eigenvalue weighted by Crippen LogP contribution is 2.32. The number of ether oxygens (including phenoxy) is 1. The van der Waals surface area contributed by atoms with E-state index in [1.54, 1.807) is 0 Å². The van der Waals surface area contributed by atoms with Crippen LogP contribution in [0.3, 0.4) is 0 Å². The maximum atomic E-state index is 9.29. The Morgan fingerprint density at radius 1 is 1.33 bits per heavy atom. The highest BCUT2D eigenvalue weighted by molar-refractivity contribution is 5.37. The van der Waals surface area contributed by atoms with Gasteiger partial charge in [-0.15, -0.1) is 0 Å². The van der Waals surface area contributed by atoms with E-state index in [1.807, 2.05) is 25.1 Å². The highest BCUT2D eigenvalue weighted by Gasteiger charge is 2.26. The van der Waals surface area contributed by atoms with Gasteiger partial charge >= 0.3 is 0 Å².